The van der Waals surface area contributed by atoms with Crippen LogP contribution < -0.4 is 5.32 Å². The van der Waals surface area contributed by atoms with Crippen molar-refractivity contribution in [1.82, 2.24) is 5.32 Å². The van der Waals surface area contributed by atoms with Crippen molar-refractivity contribution in [2.75, 3.05) is 6.54 Å². The summed E-state index contributed by atoms with van der Waals surface area (Å²) in [5.74, 6) is -1.50. The Bertz CT molecular complexity index is 449. The third-order valence-corrected chi connectivity index (χ3v) is 4.15. The maximum Gasteiger partial charge on any atom is 0.410 e. The molecule has 0 saturated heterocycles. The zero-order valence-electron chi connectivity index (χ0n) is 16.9. The molecule has 7 nitrogen and oxygen atoms in total. The Labute approximate surface area is 156 Å². The molecule has 0 rings (SSSR count). The van der Waals surface area contributed by atoms with Gasteiger partial charge >= 0.3 is 18.0 Å². The molecule has 0 saturated carbocycles. The van der Waals surface area contributed by atoms with Crippen LogP contribution in [0.4, 0.5) is 4.79 Å². The lowest BCUT2D eigenvalue weighted by molar-refractivity contribution is -0.174. The molecule has 0 radical (unpaired) electrons. The lowest BCUT2D eigenvalue weighted by Gasteiger charge is -2.23. The van der Waals surface area contributed by atoms with Gasteiger partial charge in [-0.15, -0.1) is 0 Å². The van der Waals surface area contributed by atoms with Crippen molar-refractivity contribution >= 4 is 18.0 Å². The van der Waals surface area contributed by atoms with Crippen LogP contribution >= 0.6 is 0 Å². The number of nitrogens with one attached hydrogen (secondary N) is 1. The monoisotopic (exact) mass is 373 g/mol. The second kappa shape index (κ2) is 12.5. The van der Waals surface area contributed by atoms with Crippen molar-refractivity contribution in [3.05, 3.63) is 0 Å². The Kier molecular flexibility index (Phi) is 11.7. The molecule has 0 aliphatic carbocycles. The highest BCUT2D eigenvalue weighted by Gasteiger charge is 2.25. The number of esters is 1. The highest BCUT2D eigenvalue weighted by molar-refractivity contribution is 5.73. The first kappa shape index (κ1) is 24.2. The maximum absolute atomic E-state index is 12.0. The molecule has 26 heavy (non-hydrogen) atoms. The summed E-state index contributed by atoms with van der Waals surface area (Å²) in [6.45, 7) is 11.4. The Morgan fingerprint density at radius 2 is 1.62 bits per heavy atom. The Morgan fingerprint density at radius 1 is 1.00 bits per heavy atom. The van der Waals surface area contributed by atoms with Gasteiger partial charge in [0.15, 0.2) is 0 Å². The number of carbonyl (C=O) groups is 3. The van der Waals surface area contributed by atoms with E-state index >= 15 is 0 Å². The van der Waals surface area contributed by atoms with Gasteiger partial charge in [-0.2, -0.15) is 0 Å². The van der Waals surface area contributed by atoms with Crippen molar-refractivity contribution < 1.29 is 29.0 Å². The number of carbonyl (C=O) groups excluding carboxylic acids is 2. The summed E-state index contributed by atoms with van der Waals surface area (Å²) in [4.78, 5) is 34.9. The molecule has 0 aromatic carbocycles. The molecule has 2 N–H and O–H groups in total. The quantitative estimate of drug-likeness (QED) is 0.398. The fraction of sp³-hybridized carbons (Fsp3) is 0.842. The Balaban J connectivity index is 4.64. The highest BCUT2D eigenvalue weighted by Crippen LogP contribution is 2.23. The lowest BCUT2D eigenvalue weighted by atomic mass is 9.86. The van der Waals surface area contributed by atoms with Crippen molar-refractivity contribution in [3.63, 3.8) is 0 Å². The van der Waals surface area contributed by atoms with Crippen molar-refractivity contribution in [3.8, 4) is 0 Å². The van der Waals surface area contributed by atoms with Gasteiger partial charge in [0.2, 0.25) is 0 Å². The van der Waals surface area contributed by atoms with Crippen LogP contribution in [0.3, 0.4) is 0 Å². The van der Waals surface area contributed by atoms with Gasteiger partial charge in [0.25, 0.3) is 6.29 Å². The summed E-state index contributed by atoms with van der Waals surface area (Å²) < 4.78 is 10.2. The van der Waals surface area contributed by atoms with Crippen LogP contribution in [-0.2, 0) is 19.1 Å². The molecule has 0 fully saturated rings. The second-order valence-corrected chi connectivity index (χ2v) is 7.42. The minimum atomic E-state index is -0.991. The fourth-order valence-corrected chi connectivity index (χ4v) is 2.63. The molecule has 0 aliphatic heterocycles. The average molecular weight is 373 g/mol. The van der Waals surface area contributed by atoms with Crippen LogP contribution in [0.2, 0.25) is 0 Å². The molecule has 0 aliphatic rings. The summed E-state index contributed by atoms with van der Waals surface area (Å²) >= 11 is 0. The normalized spacial score (nSPS) is 14.6. The Morgan fingerprint density at radius 3 is 2.04 bits per heavy atom. The minimum Gasteiger partial charge on any atom is -0.481 e. The molecule has 152 valence electrons. The summed E-state index contributed by atoms with van der Waals surface area (Å²) in [6.07, 6.45) is 0.764. The smallest absolute Gasteiger partial charge is 0.410 e. The third-order valence-electron chi connectivity index (χ3n) is 4.15. The fourth-order valence-electron chi connectivity index (χ4n) is 2.63. The molecule has 3 atom stereocenters. The maximum atomic E-state index is 12.0. The molecular weight excluding hydrogens is 338 g/mol. The number of rotatable bonds is 12. The molecule has 1 amide bonds. The van der Waals surface area contributed by atoms with Gasteiger partial charge < -0.3 is 19.9 Å². The number of hydrogen-bond donors (Lipinski definition) is 2. The van der Waals surface area contributed by atoms with Gasteiger partial charge in [0, 0.05) is 18.9 Å². The van der Waals surface area contributed by atoms with Crippen LogP contribution in [-0.4, -0.2) is 36.0 Å². The van der Waals surface area contributed by atoms with E-state index in [1.165, 1.54) is 0 Å². The lowest BCUT2D eigenvalue weighted by Crippen LogP contribution is -2.38. The van der Waals surface area contributed by atoms with Gasteiger partial charge in [-0.05, 0) is 24.7 Å². The number of carboxylic acid groups (broad SMARTS) is 1. The molecule has 0 heterocycles. The van der Waals surface area contributed by atoms with Crippen molar-refractivity contribution in [2.24, 2.45) is 23.7 Å². The van der Waals surface area contributed by atoms with E-state index in [0.717, 1.165) is 12.8 Å². The van der Waals surface area contributed by atoms with E-state index in [1.54, 1.807) is 20.8 Å². The minimum absolute atomic E-state index is 0.0186. The molecule has 7 heteroatoms. The molecule has 0 aromatic rings. The first-order valence-electron chi connectivity index (χ1n) is 9.47. The first-order valence-corrected chi connectivity index (χ1v) is 9.47. The van der Waals surface area contributed by atoms with Gasteiger partial charge in [-0.25, -0.2) is 4.79 Å². The van der Waals surface area contributed by atoms with E-state index in [1.807, 2.05) is 6.92 Å². The predicted molar refractivity (Wildman–Crippen MR) is 98.5 cm³/mol. The zero-order valence-corrected chi connectivity index (χ0v) is 16.9. The number of amides is 1. The van der Waals surface area contributed by atoms with Crippen LogP contribution in [0.1, 0.15) is 67.2 Å². The van der Waals surface area contributed by atoms with E-state index in [9.17, 15) is 19.5 Å². The van der Waals surface area contributed by atoms with Crippen LogP contribution in [0.25, 0.3) is 0 Å². The summed E-state index contributed by atoms with van der Waals surface area (Å²) in [5, 5.41) is 11.9. The van der Waals surface area contributed by atoms with Gasteiger partial charge in [0.05, 0.1) is 5.92 Å². The molecule has 0 unspecified atom stereocenters. The topological polar surface area (TPSA) is 102 Å². The van der Waals surface area contributed by atoms with Crippen molar-refractivity contribution in [2.45, 2.75) is 73.5 Å². The average Bonchev–Trinajstić information content (AvgIpc) is 2.55. The van der Waals surface area contributed by atoms with Crippen LogP contribution in [0.15, 0.2) is 0 Å². The molecule has 0 aromatic heterocycles. The van der Waals surface area contributed by atoms with Crippen molar-refractivity contribution in [1.29, 1.82) is 0 Å². The van der Waals surface area contributed by atoms with E-state index < -0.39 is 30.2 Å². The molecule has 0 spiro atoms. The predicted octanol–water partition coefficient (Wildman–Crippen LogP) is 3.81. The number of aliphatic carboxylic acids is 1. The molecule has 0 bridgehead atoms. The second-order valence-electron chi connectivity index (χ2n) is 7.42. The van der Waals surface area contributed by atoms with Gasteiger partial charge in [-0.1, -0.05) is 48.0 Å². The van der Waals surface area contributed by atoms with Gasteiger partial charge in [-0.3, -0.25) is 9.59 Å². The van der Waals surface area contributed by atoms with E-state index in [-0.39, 0.29) is 18.9 Å². The Hall–Kier alpha value is -1.79. The van der Waals surface area contributed by atoms with E-state index in [0.29, 0.717) is 18.3 Å². The largest absolute Gasteiger partial charge is 0.481 e. The number of carboxylic acids is 1. The molecular formula is C19H35NO6. The summed E-state index contributed by atoms with van der Waals surface area (Å²) in [5.41, 5.74) is 0. The van der Waals surface area contributed by atoms with E-state index in [4.69, 9.17) is 9.47 Å². The third kappa shape index (κ3) is 10.3. The van der Waals surface area contributed by atoms with E-state index in [2.05, 4.69) is 19.2 Å². The standard InChI is InChI=1S/C19H35NO6/c1-7-14(9-12(3)4)10-15(17(22)23)11-20-19(24)26-18(13(5)6)25-16(21)8-2/h12-15,18H,7-11H2,1-6H3,(H,20,24)(H,22,23)/t14-,15-,18-/m1/s1. The SMILES string of the molecule is CCC(=O)O[C@H](OC(=O)NC[C@@H](C[C@H](CC)CC(C)C)C(=O)O)C(C)C. The summed E-state index contributed by atoms with van der Waals surface area (Å²) in [7, 11) is 0. The number of alkyl carbamates (subject to hydrolysis) is 1. The zero-order chi connectivity index (χ0) is 20.3. The first-order chi connectivity index (χ1) is 12.1. The number of hydrogen-bond acceptors (Lipinski definition) is 5. The van der Waals surface area contributed by atoms with Gasteiger partial charge in [0.1, 0.15) is 0 Å². The highest BCUT2D eigenvalue weighted by atomic mass is 16.7. The number of ether oxygens (including phenoxy) is 2. The van der Waals surface area contributed by atoms with Crippen LogP contribution in [0, 0.1) is 23.7 Å². The van der Waals surface area contributed by atoms with Crippen LogP contribution in [0.5, 0.6) is 0 Å². The summed E-state index contributed by atoms with van der Waals surface area (Å²) in [6, 6.07) is 0.